The number of pyridine rings is 1. The smallest absolute Gasteiger partial charge is 0.323 e. The van der Waals surface area contributed by atoms with Crippen molar-refractivity contribution in [1.29, 1.82) is 0 Å². The van der Waals surface area contributed by atoms with Crippen LogP contribution in [0.3, 0.4) is 0 Å². The Hall–Kier alpha value is -1.94. The van der Waals surface area contributed by atoms with E-state index in [1.165, 1.54) is 6.92 Å². The second-order valence-corrected chi connectivity index (χ2v) is 4.39. The number of carboxylic acids is 1. The molecule has 0 radical (unpaired) electrons. The van der Waals surface area contributed by atoms with E-state index in [1.807, 2.05) is 36.4 Å². The molecule has 3 N–H and O–H groups in total. The summed E-state index contributed by atoms with van der Waals surface area (Å²) in [6.07, 6.45) is 0.215. The summed E-state index contributed by atoms with van der Waals surface area (Å²) in [5.74, 6) is -1.02. The summed E-state index contributed by atoms with van der Waals surface area (Å²) >= 11 is 0. The Morgan fingerprint density at radius 2 is 2.06 bits per heavy atom. The largest absolute Gasteiger partial charge is 0.480 e. The Kier molecular flexibility index (Phi) is 2.81. The van der Waals surface area contributed by atoms with Crippen LogP contribution in [0.15, 0.2) is 36.4 Å². The standard InChI is InChI=1S/C13H14N2O2/c1-13(14,12(16)17)8-10-7-6-9-4-2-3-5-11(9)15-10/h2-7H,8,14H2,1H3,(H,16,17)/t13-/m1/s1. The number of nitrogens with zero attached hydrogens (tertiary/aromatic N) is 1. The summed E-state index contributed by atoms with van der Waals surface area (Å²) in [7, 11) is 0. The molecule has 0 unspecified atom stereocenters. The van der Waals surface area contributed by atoms with Crippen LogP contribution < -0.4 is 5.73 Å². The predicted octanol–water partition coefficient (Wildman–Crippen LogP) is 1.58. The summed E-state index contributed by atoms with van der Waals surface area (Å²) in [6, 6.07) is 11.4. The molecule has 0 spiro atoms. The van der Waals surface area contributed by atoms with Gasteiger partial charge in [0.05, 0.1) is 5.52 Å². The zero-order valence-electron chi connectivity index (χ0n) is 9.55. The normalized spacial score (nSPS) is 14.5. The number of nitrogens with two attached hydrogens (primary N) is 1. The van der Waals surface area contributed by atoms with E-state index in [4.69, 9.17) is 10.8 Å². The zero-order valence-corrected chi connectivity index (χ0v) is 9.55. The van der Waals surface area contributed by atoms with Gasteiger partial charge in [0.25, 0.3) is 0 Å². The molecule has 0 amide bonds. The zero-order chi connectivity index (χ0) is 12.5. The van der Waals surface area contributed by atoms with Crippen molar-refractivity contribution in [3.63, 3.8) is 0 Å². The van der Waals surface area contributed by atoms with Crippen LogP contribution in [0.25, 0.3) is 10.9 Å². The molecule has 0 saturated carbocycles. The van der Waals surface area contributed by atoms with Crippen LogP contribution in [0.1, 0.15) is 12.6 Å². The van der Waals surface area contributed by atoms with Crippen LogP contribution in [-0.2, 0) is 11.2 Å². The van der Waals surface area contributed by atoms with Crippen LogP contribution in [0.5, 0.6) is 0 Å². The first-order valence-electron chi connectivity index (χ1n) is 5.36. The van der Waals surface area contributed by atoms with E-state index < -0.39 is 11.5 Å². The highest BCUT2D eigenvalue weighted by Crippen LogP contribution is 2.15. The number of hydrogen-bond donors (Lipinski definition) is 2. The molecule has 1 aromatic heterocycles. The lowest BCUT2D eigenvalue weighted by molar-refractivity contribution is -0.142. The number of rotatable bonds is 3. The summed E-state index contributed by atoms with van der Waals surface area (Å²) in [6.45, 7) is 1.49. The Morgan fingerprint density at radius 3 is 2.76 bits per heavy atom. The van der Waals surface area contributed by atoms with Crippen molar-refractivity contribution in [1.82, 2.24) is 4.98 Å². The molecule has 0 fully saturated rings. The lowest BCUT2D eigenvalue weighted by atomic mass is 9.97. The van der Waals surface area contributed by atoms with Gasteiger partial charge in [0.15, 0.2) is 0 Å². The highest BCUT2D eigenvalue weighted by Gasteiger charge is 2.28. The van der Waals surface area contributed by atoms with E-state index in [-0.39, 0.29) is 6.42 Å². The van der Waals surface area contributed by atoms with Gasteiger partial charge in [0.2, 0.25) is 0 Å². The molecule has 2 rings (SSSR count). The molecule has 17 heavy (non-hydrogen) atoms. The summed E-state index contributed by atoms with van der Waals surface area (Å²) in [5.41, 5.74) is 5.96. The number of carbonyl (C=O) groups is 1. The molecule has 88 valence electrons. The second kappa shape index (κ2) is 4.14. The highest BCUT2D eigenvalue weighted by molar-refractivity contribution is 5.80. The predicted molar refractivity (Wildman–Crippen MR) is 65.7 cm³/mol. The van der Waals surface area contributed by atoms with E-state index in [0.717, 1.165) is 10.9 Å². The molecular weight excluding hydrogens is 216 g/mol. The maximum atomic E-state index is 10.9. The molecule has 0 aliphatic rings. The van der Waals surface area contributed by atoms with E-state index in [2.05, 4.69) is 4.98 Å². The van der Waals surface area contributed by atoms with Gasteiger partial charge in [-0.3, -0.25) is 9.78 Å². The van der Waals surface area contributed by atoms with Crippen LogP contribution in [0, 0.1) is 0 Å². The number of aliphatic carboxylic acids is 1. The van der Waals surface area contributed by atoms with Gasteiger partial charge in [-0.1, -0.05) is 24.3 Å². The van der Waals surface area contributed by atoms with Crippen LogP contribution in [0.2, 0.25) is 0 Å². The number of carboxylic acid groups (broad SMARTS) is 1. The fourth-order valence-corrected chi connectivity index (χ4v) is 1.66. The summed E-state index contributed by atoms with van der Waals surface area (Å²) in [5, 5.41) is 10.00. The minimum atomic E-state index is -1.28. The lowest BCUT2D eigenvalue weighted by Crippen LogP contribution is -2.47. The van der Waals surface area contributed by atoms with Crippen molar-refractivity contribution in [2.24, 2.45) is 5.73 Å². The van der Waals surface area contributed by atoms with Gasteiger partial charge in [-0.25, -0.2) is 0 Å². The maximum Gasteiger partial charge on any atom is 0.323 e. The molecule has 4 nitrogen and oxygen atoms in total. The SMILES string of the molecule is C[C@@](N)(Cc1ccc2ccccc2n1)C(=O)O. The minimum Gasteiger partial charge on any atom is -0.480 e. The quantitative estimate of drug-likeness (QED) is 0.839. The van der Waals surface area contributed by atoms with Gasteiger partial charge in [0.1, 0.15) is 5.54 Å². The Balaban J connectivity index is 2.34. The minimum absolute atomic E-state index is 0.215. The molecule has 1 atom stereocenters. The molecule has 1 aromatic carbocycles. The van der Waals surface area contributed by atoms with E-state index >= 15 is 0 Å². The second-order valence-electron chi connectivity index (χ2n) is 4.39. The van der Waals surface area contributed by atoms with Gasteiger partial charge in [0, 0.05) is 17.5 Å². The third kappa shape index (κ3) is 2.42. The Morgan fingerprint density at radius 1 is 1.35 bits per heavy atom. The Bertz CT molecular complexity index is 564. The van der Waals surface area contributed by atoms with Gasteiger partial charge < -0.3 is 10.8 Å². The number of para-hydroxylation sites is 1. The van der Waals surface area contributed by atoms with E-state index in [0.29, 0.717) is 5.69 Å². The van der Waals surface area contributed by atoms with Crippen molar-refractivity contribution in [2.45, 2.75) is 18.9 Å². The maximum absolute atomic E-state index is 10.9. The molecule has 0 saturated heterocycles. The van der Waals surface area contributed by atoms with E-state index in [9.17, 15) is 4.79 Å². The van der Waals surface area contributed by atoms with Crippen LogP contribution in [-0.4, -0.2) is 21.6 Å². The molecule has 0 aliphatic heterocycles. The van der Waals surface area contributed by atoms with Crippen LogP contribution in [0.4, 0.5) is 0 Å². The van der Waals surface area contributed by atoms with Crippen molar-refractivity contribution in [3.05, 3.63) is 42.1 Å². The first kappa shape index (κ1) is 11.5. The van der Waals surface area contributed by atoms with Gasteiger partial charge in [-0.2, -0.15) is 0 Å². The number of aromatic nitrogens is 1. The van der Waals surface area contributed by atoms with E-state index in [1.54, 1.807) is 0 Å². The Labute approximate surface area is 99.1 Å². The first-order chi connectivity index (χ1) is 7.99. The van der Waals surface area contributed by atoms with Crippen LogP contribution >= 0.6 is 0 Å². The van der Waals surface area contributed by atoms with Gasteiger partial charge >= 0.3 is 5.97 Å². The number of benzene rings is 1. The number of hydrogen-bond acceptors (Lipinski definition) is 3. The average Bonchev–Trinajstić information content (AvgIpc) is 2.28. The molecule has 4 heteroatoms. The highest BCUT2D eigenvalue weighted by atomic mass is 16.4. The average molecular weight is 230 g/mol. The molecular formula is C13H14N2O2. The van der Waals surface area contributed by atoms with Crippen molar-refractivity contribution < 1.29 is 9.90 Å². The molecule has 1 heterocycles. The lowest BCUT2D eigenvalue weighted by Gasteiger charge is -2.18. The fraction of sp³-hybridized carbons (Fsp3) is 0.231. The third-order valence-corrected chi connectivity index (χ3v) is 2.69. The number of fused-ring (bicyclic) bond motifs is 1. The molecule has 2 aromatic rings. The van der Waals surface area contributed by atoms with Crippen molar-refractivity contribution in [3.8, 4) is 0 Å². The third-order valence-electron chi connectivity index (χ3n) is 2.69. The molecule has 0 aliphatic carbocycles. The topological polar surface area (TPSA) is 76.2 Å². The fourth-order valence-electron chi connectivity index (χ4n) is 1.66. The first-order valence-corrected chi connectivity index (χ1v) is 5.36. The summed E-state index contributed by atoms with van der Waals surface area (Å²) < 4.78 is 0. The van der Waals surface area contributed by atoms with Gasteiger partial charge in [-0.15, -0.1) is 0 Å². The molecule has 0 bridgehead atoms. The van der Waals surface area contributed by atoms with Crippen molar-refractivity contribution in [2.75, 3.05) is 0 Å². The summed E-state index contributed by atoms with van der Waals surface area (Å²) in [4.78, 5) is 15.3. The van der Waals surface area contributed by atoms with Crippen molar-refractivity contribution >= 4 is 16.9 Å². The monoisotopic (exact) mass is 230 g/mol. The van der Waals surface area contributed by atoms with Gasteiger partial charge in [-0.05, 0) is 19.1 Å².